The van der Waals surface area contributed by atoms with Crippen LogP contribution in [0.15, 0.2) is 22.7 Å². The van der Waals surface area contributed by atoms with Gasteiger partial charge in [0.1, 0.15) is 5.75 Å². The predicted octanol–water partition coefficient (Wildman–Crippen LogP) is 3.13. The van der Waals surface area contributed by atoms with Crippen LogP contribution in [0.4, 0.5) is 0 Å². The lowest BCUT2D eigenvalue weighted by molar-refractivity contribution is 0.307. The first-order valence-electron chi connectivity index (χ1n) is 5.39. The van der Waals surface area contributed by atoms with Crippen molar-refractivity contribution in [1.82, 2.24) is 0 Å². The standard InChI is InChI=1S/C12H18BrNO/c1-2-3-8-15-12-5-4-10(6-7-14)9-11(12)13/h4-5,9H,2-3,6-8,14H2,1H3. The maximum atomic E-state index is 5.63. The summed E-state index contributed by atoms with van der Waals surface area (Å²) < 4.78 is 6.65. The predicted molar refractivity (Wildman–Crippen MR) is 67.3 cm³/mol. The van der Waals surface area contributed by atoms with E-state index in [0.717, 1.165) is 36.1 Å². The molecule has 0 aromatic heterocycles. The van der Waals surface area contributed by atoms with Crippen molar-refractivity contribution in [2.24, 2.45) is 5.73 Å². The molecule has 0 bridgehead atoms. The Balaban J connectivity index is 2.58. The Morgan fingerprint density at radius 3 is 2.80 bits per heavy atom. The van der Waals surface area contributed by atoms with Crippen LogP contribution < -0.4 is 10.5 Å². The van der Waals surface area contributed by atoms with Crippen molar-refractivity contribution in [2.75, 3.05) is 13.2 Å². The van der Waals surface area contributed by atoms with Crippen molar-refractivity contribution in [3.63, 3.8) is 0 Å². The molecular formula is C12H18BrNO. The zero-order valence-electron chi connectivity index (χ0n) is 9.13. The third-order valence-corrected chi connectivity index (χ3v) is 2.80. The summed E-state index contributed by atoms with van der Waals surface area (Å²) in [6.07, 6.45) is 3.16. The second-order valence-electron chi connectivity index (χ2n) is 3.51. The van der Waals surface area contributed by atoms with Gasteiger partial charge < -0.3 is 10.5 Å². The average Bonchev–Trinajstić information content (AvgIpc) is 2.22. The normalized spacial score (nSPS) is 10.3. The van der Waals surface area contributed by atoms with E-state index in [9.17, 15) is 0 Å². The molecule has 1 rings (SSSR count). The molecule has 0 saturated carbocycles. The van der Waals surface area contributed by atoms with Gasteiger partial charge in [-0.25, -0.2) is 0 Å². The highest BCUT2D eigenvalue weighted by Crippen LogP contribution is 2.26. The van der Waals surface area contributed by atoms with E-state index in [4.69, 9.17) is 10.5 Å². The lowest BCUT2D eigenvalue weighted by Gasteiger charge is -2.08. The smallest absolute Gasteiger partial charge is 0.133 e. The molecule has 0 amide bonds. The van der Waals surface area contributed by atoms with Gasteiger partial charge in [0.25, 0.3) is 0 Å². The first-order valence-corrected chi connectivity index (χ1v) is 6.18. The number of ether oxygens (including phenoxy) is 1. The molecule has 2 N–H and O–H groups in total. The zero-order valence-corrected chi connectivity index (χ0v) is 10.7. The van der Waals surface area contributed by atoms with Gasteiger partial charge in [-0.15, -0.1) is 0 Å². The third-order valence-electron chi connectivity index (χ3n) is 2.18. The SMILES string of the molecule is CCCCOc1ccc(CCN)cc1Br. The monoisotopic (exact) mass is 271 g/mol. The summed E-state index contributed by atoms with van der Waals surface area (Å²) in [4.78, 5) is 0. The third kappa shape index (κ3) is 4.22. The highest BCUT2D eigenvalue weighted by atomic mass is 79.9. The number of unbranched alkanes of at least 4 members (excludes halogenated alkanes) is 1. The van der Waals surface area contributed by atoms with Gasteiger partial charge in [0.2, 0.25) is 0 Å². The van der Waals surface area contributed by atoms with Crippen LogP contribution in [0.25, 0.3) is 0 Å². The molecule has 3 heteroatoms. The maximum Gasteiger partial charge on any atom is 0.133 e. The number of benzene rings is 1. The van der Waals surface area contributed by atoms with Gasteiger partial charge in [0, 0.05) is 0 Å². The van der Waals surface area contributed by atoms with Crippen LogP contribution in [0, 0.1) is 0 Å². The Labute approximate surface area is 99.9 Å². The Bertz CT molecular complexity index is 302. The lowest BCUT2D eigenvalue weighted by atomic mass is 10.1. The first kappa shape index (κ1) is 12.5. The fraction of sp³-hybridized carbons (Fsp3) is 0.500. The van der Waals surface area contributed by atoms with Gasteiger partial charge in [-0.3, -0.25) is 0 Å². The summed E-state index contributed by atoms with van der Waals surface area (Å²) in [6, 6.07) is 6.15. The molecule has 0 aliphatic carbocycles. The van der Waals surface area contributed by atoms with Gasteiger partial charge in [-0.1, -0.05) is 19.4 Å². The van der Waals surface area contributed by atoms with Crippen LogP contribution in [0.5, 0.6) is 5.75 Å². The van der Waals surface area contributed by atoms with Crippen molar-refractivity contribution in [3.8, 4) is 5.75 Å². The number of hydrogen-bond donors (Lipinski definition) is 1. The van der Waals surface area contributed by atoms with E-state index in [1.54, 1.807) is 0 Å². The number of hydrogen-bond acceptors (Lipinski definition) is 2. The van der Waals surface area contributed by atoms with Crippen molar-refractivity contribution in [1.29, 1.82) is 0 Å². The molecule has 84 valence electrons. The molecule has 0 heterocycles. The van der Waals surface area contributed by atoms with Crippen LogP contribution in [0.2, 0.25) is 0 Å². The molecule has 15 heavy (non-hydrogen) atoms. The number of halogens is 1. The largest absolute Gasteiger partial charge is 0.492 e. The Kier molecular flexibility index (Phi) is 5.73. The molecule has 0 atom stereocenters. The van der Waals surface area contributed by atoms with E-state index < -0.39 is 0 Å². The average molecular weight is 272 g/mol. The molecule has 0 aliphatic rings. The van der Waals surface area contributed by atoms with Gasteiger partial charge in [-0.2, -0.15) is 0 Å². The molecule has 1 aromatic carbocycles. The maximum absolute atomic E-state index is 5.63. The molecular weight excluding hydrogens is 254 g/mol. The summed E-state index contributed by atoms with van der Waals surface area (Å²) in [7, 11) is 0. The van der Waals surface area contributed by atoms with Crippen molar-refractivity contribution in [3.05, 3.63) is 28.2 Å². The van der Waals surface area contributed by atoms with E-state index in [2.05, 4.69) is 35.0 Å². The van der Waals surface area contributed by atoms with Crippen LogP contribution in [0.3, 0.4) is 0 Å². The highest BCUT2D eigenvalue weighted by Gasteiger charge is 2.01. The van der Waals surface area contributed by atoms with Gasteiger partial charge in [0.05, 0.1) is 11.1 Å². The Morgan fingerprint density at radius 1 is 1.40 bits per heavy atom. The summed E-state index contributed by atoms with van der Waals surface area (Å²) in [5, 5.41) is 0. The van der Waals surface area contributed by atoms with Gasteiger partial charge >= 0.3 is 0 Å². The second-order valence-corrected chi connectivity index (χ2v) is 4.36. The van der Waals surface area contributed by atoms with Crippen molar-refractivity contribution < 1.29 is 4.74 Å². The topological polar surface area (TPSA) is 35.2 Å². The lowest BCUT2D eigenvalue weighted by Crippen LogP contribution is -2.03. The molecule has 0 saturated heterocycles. The van der Waals surface area contributed by atoms with E-state index in [0.29, 0.717) is 6.54 Å². The van der Waals surface area contributed by atoms with Crippen LogP contribution in [-0.4, -0.2) is 13.2 Å². The summed E-state index contributed by atoms with van der Waals surface area (Å²) in [5.41, 5.74) is 6.74. The molecule has 2 nitrogen and oxygen atoms in total. The first-order chi connectivity index (χ1) is 7.27. The zero-order chi connectivity index (χ0) is 11.1. The fourth-order valence-electron chi connectivity index (χ4n) is 1.31. The highest BCUT2D eigenvalue weighted by molar-refractivity contribution is 9.10. The Hall–Kier alpha value is -0.540. The number of rotatable bonds is 6. The van der Waals surface area contributed by atoms with Crippen LogP contribution in [0.1, 0.15) is 25.3 Å². The van der Waals surface area contributed by atoms with Gasteiger partial charge in [0.15, 0.2) is 0 Å². The summed E-state index contributed by atoms with van der Waals surface area (Å²) >= 11 is 3.50. The minimum absolute atomic E-state index is 0.683. The van der Waals surface area contributed by atoms with E-state index >= 15 is 0 Å². The quantitative estimate of drug-likeness (QED) is 0.807. The second kappa shape index (κ2) is 6.85. The summed E-state index contributed by atoms with van der Waals surface area (Å²) in [5.74, 6) is 0.921. The molecule has 0 aliphatic heterocycles. The van der Waals surface area contributed by atoms with E-state index in [-0.39, 0.29) is 0 Å². The van der Waals surface area contributed by atoms with Gasteiger partial charge in [-0.05, 0) is 53.0 Å². The Morgan fingerprint density at radius 2 is 2.20 bits per heavy atom. The minimum atomic E-state index is 0.683. The van der Waals surface area contributed by atoms with Crippen molar-refractivity contribution >= 4 is 15.9 Å². The molecule has 0 spiro atoms. The molecule has 0 fully saturated rings. The number of nitrogens with two attached hydrogens (primary N) is 1. The van der Waals surface area contributed by atoms with Crippen LogP contribution in [-0.2, 0) is 6.42 Å². The molecule has 1 aromatic rings. The van der Waals surface area contributed by atoms with Crippen LogP contribution >= 0.6 is 15.9 Å². The fourth-order valence-corrected chi connectivity index (χ4v) is 1.85. The van der Waals surface area contributed by atoms with E-state index in [1.807, 2.05) is 6.07 Å². The molecule has 0 radical (unpaired) electrons. The minimum Gasteiger partial charge on any atom is -0.492 e. The van der Waals surface area contributed by atoms with Crippen molar-refractivity contribution in [2.45, 2.75) is 26.2 Å². The molecule has 0 unspecified atom stereocenters. The summed E-state index contributed by atoms with van der Waals surface area (Å²) in [6.45, 7) is 3.62. The van der Waals surface area contributed by atoms with E-state index in [1.165, 1.54) is 5.56 Å².